The number of rotatable bonds is 5. The lowest BCUT2D eigenvalue weighted by atomic mass is 9.95. The number of hydrogen-bond acceptors (Lipinski definition) is 4. The van der Waals surface area contributed by atoms with Gasteiger partial charge in [0, 0.05) is 6.04 Å². The zero-order chi connectivity index (χ0) is 12.0. The Morgan fingerprint density at radius 1 is 1.44 bits per heavy atom. The van der Waals surface area contributed by atoms with E-state index in [1.807, 2.05) is 0 Å². The largest absolute Gasteiger partial charge is 0.365 e. The van der Waals surface area contributed by atoms with E-state index in [2.05, 4.69) is 42.4 Å². The van der Waals surface area contributed by atoms with Crippen molar-refractivity contribution in [1.82, 2.24) is 10.2 Å². The van der Waals surface area contributed by atoms with Gasteiger partial charge in [-0.2, -0.15) is 10.4 Å². The molecule has 1 aromatic heterocycles. The van der Waals surface area contributed by atoms with Crippen LogP contribution in [-0.4, -0.2) is 16.2 Å². The van der Waals surface area contributed by atoms with E-state index in [9.17, 15) is 0 Å². The highest BCUT2D eigenvalue weighted by Crippen LogP contribution is 2.18. The lowest BCUT2D eigenvalue weighted by Gasteiger charge is -2.22. The molecule has 4 nitrogen and oxygen atoms in total. The molecule has 16 heavy (non-hydrogen) atoms. The Bertz CT molecular complexity index is 366. The third-order valence-corrected chi connectivity index (χ3v) is 2.96. The van der Waals surface area contributed by atoms with Gasteiger partial charge in [-0.05, 0) is 18.9 Å². The summed E-state index contributed by atoms with van der Waals surface area (Å²) >= 11 is 0. The van der Waals surface area contributed by atoms with Crippen molar-refractivity contribution >= 4 is 5.82 Å². The van der Waals surface area contributed by atoms with Gasteiger partial charge in [0.05, 0.1) is 11.8 Å². The summed E-state index contributed by atoms with van der Waals surface area (Å²) in [6, 6.07) is 4.09. The van der Waals surface area contributed by atoms with Crippen molar-refractivity contribution in [3.8, 4) is 6.07 Å². The zero-order valence-electron chi connectivity index (χ0n) is 10.1. The maximum absolute atomic E-state index is 8.93. The molecular formula is C12H18N4. The number of nitriles is 1. The second kappa shape index (κ2) is 6.06. The van der Waals surface area contributed by atoms with Crippen LogP contribution in [0.3, 0.4) is 0 Å². The van der Waals surface area contributed by atoms with E-state index >= 15 is 0 Å². The molecule has 0 saturated heterocycles. The van der Waals surface area contributed by atoms with Crippen molar-refractivity contribution in [2.24, 2.45) is 5.92 Å². The Labute approximate surface area is 96.7 Å². The van der Waals surface area contributed by atoms with E-state index in [1.54, 1.807) is 6.07 Å². The first kappa shape index (κ1) is 12.4. The van der Waals surface area contributed by atoms with Gasteiger partial charge in [0.2, 0.25) is 0 Å². The zero-order valence-corrected chi connectivity index (χ0v) is 10.1. The first-order valence-corrected chi connectivity index (χ1v) is 5.71. The number of hydrogen-bond donors (Lipinski definition) is 1. The van der Waals surface area contributed by atoms with Crippen LogP contribution in [-0.2, 0) is 0 Å². The maximum Gasteiger partial charge on any atom is 0.166 e. The molecule has 1 heterocycles. The Balaban J connectivity index is 2.76. The van der Waals surface area contributed by atoms with Gasteiger partial charge >= 0.3 is 0 Å². The molecule has 1 unspecified atom stereocenters. The van der Waals surface area contributed by atoms with Crippen molar-refractivity contribution in [2.75, 3.05) is 5.32 Å². The molecule has 0 aliphatic rings. The van der Waals surface area contributed by atoms with Crippen LogP contribution < -0.4 is 5.32 Å². The number of nitrogens with zero attached hydrogens (tertiary/aromatic N) is 3. The van der Waals surface area contributed by atoms with Gasteiger partial charge in [0.25, 0.3) is 0 Å². The lowest BCUT2D eigenvalue weighted by Crippen LogP contribution is -2.26. The molecule has 0 aliphatic carbocycles. The monoisotopic (exact) mass is 218 g/mol. The Kier molecular flexibility index (Phi) is 4.71. The predicted molar refractivity (Wildman–Crippen MR) is 63.9 cm³/mol. The van der Waals surface area contributed by atoms with Crippen molar-refractivity contribution in [3.05, 3.63) is 17.8 Å². The predicted octanol–water partition coefficient (Wildman–Crippen LogP) is 2.58. The van der Waals surface area contributed by atoms with Crippen molar-refractivity contribution in [1.29, 1.82) is 5.26 Å². The number of aromatic nitrogens is 2. The standard InChI is InChI=1S/C12H18N4/c1-4-10(5-2)9(3)15-12-11(8-13)6-7-14-16-12/h6-7,9-10H,4-5H2,1-3H3,(H,15,16). The highest BCUT2D eigenvalue weighted by Gasteiger charge is 2.15. The van der Waals surface area contributed by atoms with Crippen LogP contribution in [0.15, 0.2) is 12.3 Å². The highest BCUT2D eigenvalue weighted by atomic mass is 15.2. The molecule has 1 atom stereocenters. The number of nitrogens with one attached hydrogen (secondary N) is 1. The van der Waals surface area contributed by atoms with Crippen LogP contribution in [0.5, 0.6) is 0 Å². The van der Waals surface area contributed by atoms with Crippen molar-refractivity contribution < 1.29 is 0 Å². The summed E-state index contributed by atoms with van der Waals surface area (Å²) in [6.45, 7) is 6.47. The molecule has 0 radical (unpaired) electrons. The van der Waals surface area contributed by atoms with Crippen LogP contribution in [0.1, 0.15) is 39.2 Å². The van der Waals surface area contributed by atoms with Crippen LogP contribution in [0.4, 0.5) is 5.82 Å². The highest BCUT2D eigenvalue weighted by molar-refractivity contribution is 5.50. The van der Waals surface area contributed by atoms with Gasteiger partial charge in [0.1, 0.15) is 6.07 Å². The van der Waals surface area contributed by atoms with Crippen LogP contribution >= 0.6 is 0 Å². The average Bonchev–Trinajstić information content (AvgIpc) is 2.31. The molecule has 86 valence electrons. The summed E-state index contributed by atoms with van der Waals surface area (Å²) in [5, 5.41) is 19.9. The Hall–Kier alpha value is -1.63. The van der Waals surface area contributed by atoms with Gasteiger partial charge in [-0.3, -0.25) is 0 Å². The normalized spacial score (nSPS) is 12.2. The molecular weight excluding hydrogens is 200 g/mol. The van der Waals surface area contributed by atoms with Crippen LogP contribution in [0.25, 0.3) is 0 Å². The molecule has 0 amide bonds. The van der Waals surface area contributed by atoms with Gasteiger partial charge in [0.15, 0.2) is 5.82 Å². The Morgan fingerprint density at radius 3 is 2.69 bits per heavy atom. The Morgan fingerprint density at radius 2 is 2.12 bits per heavy atom. The van der Waals surface area contributed by atoms with E-state index in [1.165, 1.54) is 6.20 Å². The van der Waals surface area contributed by atoms with E-state index in [0.29, 0.717) is 23.3 Å². The van der Waals surface area contributed by atoms with E-state index in [4.69, 9.17) is 5.26 Å². The molecule has 0 spiro atoms. The first-order chi connectivity index (χ1) is 7.72. The summed E-state index contributed by atoms with van der Waals surface area (Å²) in [5.41, 5.74) is 0.549. The minimum absolute atomic E-state index is 0.304. The molecule has 1 rings (SSSR count). The second-order valence-corrected chi connectivity index (χ2v) is 3.91. The molecule has 0 aromatic carbocycles. The summed E-state index contributed by atoms with van der Waals surface area (Å²) in [5.74, 6) is 1.18. The van der Waals surface area contributed by atoms with E-state index in [-0.39, 0.29) is 0 Å². The fraction of sp³-hybridized carbons (Fsp3) is 0.583. The lowest BCUT2D eigenvalue weighted by molar-refractivity contribution is 0.436. The summed E-state index contributed by atoms with van der Waals surface area (Å²) in [6.07, 6.45) is 3.77. The summed E-state index contributed by atoms with van der Waals surface area (Å²) < 4.78 is 0. The molecule has 0 aliphatic heterocycles. The molecule has 0 bridgehead atoms. The molecule has 1 N–H and O–H groups in total. The smallest absolute Gasteiger partial charge is 0.166 e. The van der Waals surface area contributed by atoms with Crippen LogP contribution in [0.2, 0.25) is 0 Å². The second-order valence-electron chi connectivity index (χ2n) is 3.91. The molecule has 0 fully saturated rings. The minimum Gasteiger partial charge on any atom is -0.365 e. The van der Waals surface area contributed by atoms with Crippen molar-refractivity contribution in [2.45, 2.75) is 39.7 Å². The first-order valence-electron chi connectivity index (χ1n) is 5.71. The fourth-order valence-electron chi connectivity index (χ4n) is 1.86. The topological polar surface area (TPSA) is 61.6 Å². The third-order valence-electron chi connectivity index (χ3n) is 2.96. The summed E-state index contributed by atoms with van der Waals surface area (Å²) in [7, 11) is 0. The van der Waals surface area contributed by atoms with E-state index in [0.717, 1.165) is 12.8 Å². The quantitative estimate of drug-likeness (QED) is 0.825. The maximum atomic E-state index is 8.93. The minimum atomic E-state index is 0.304. The van der Waals surface area contributed by atoms with E-state index < -0.39 is 0 Å². The molecule has 4 heteroatoms. The summed E-state index contributed by atoms with van der Waals surface area (Å²) in [4.78, 5) is 0. The van der Waals surface area contributed by atoms with Crippen molar-refractivity contribution in [3.63, 3.8) is 0 Å². The van der Waals surface area contributed by atoms with Gasteiger partial charge < -0.3 is 5.32 Å². The molecule has 1 aromatic rings. The van der Waals surface area contributed by atoms with Gasteiger partial charge in [-0.25, -0.2) is 0 Å². The third kappa shape index (κ3) is 2.93. The molecule has 0 saturated carbocycles. The van der Waals surface area contributed by atoms with Gasteiger partial charge in [-0.15, -0.1) is 5.10 Å². The average molecular weight is 218 g/mol. The fourth-order valence-corrected chi connectivity index (χ4v) is 1.86. The van der Waals surface area contributed by atoms with Crippen LogP contribution in [0, 0.1) is 17.2 Å². The van der Waals surface area contributed by atoms with Gasteiger partial charge in [-0.1, -0.05) is 26.7 Å². The number of anilines is 1. The SMILES string of the molecule is CCC(CC)C(C)Nc1nnccc1C#N.